The lowest BCUT2D eigenvalue weighted by Crippen LogP contribution is -2.41. The van der Waals surface area contributed by atoms with Crippen LogP contribution in [0.1, 0.15) is 49.0 Å². The van der Waals surface area contributed by atoms with Gasteiger partial charge in [0.05, 0.1) is 7.11 Å². The van der Waals surface area contributed by atoms with Gasteiger partial charge in [-0.05, 0) is 30.2 Å². The lowest BCUT2D eigenvalue weighted by atomic mass is 10.1. The molecule has 4 atom stereocenters. The van der Waals surface area contributed by atoms with Crippen LogP contribution in [0.2, 0.25) is 0 Å². The molecule has 13 heteroatoms. The Morgan fingerprint density at radius 1 is 1.00 bits per heavy atom. The number of carbonyl (C=O) groups excluding carboxylic acids is 4. The average molecular weight is 503 g/mol. The molecule has 0 unspecified atom stereocenters. The number of nitrogens with zero attached hydrogens (tertiary/aromatic N) is 3. The van der Waals surface area contributed by atoms with E-state index in [4.69, 9.17) is 23.7 Å². The highest BCUT2D eigenvalue weighted by molar-refractivity contribution is 5.85. The normalized spacial score (nSPS) is 20.6. The molecule has 190 valence electrons. The first-order valence-corrected chi connectivity index (χ1v) is 10.5. The van der Waals surface area contributed by atoms with Crippen LogP contribution >= 0.6 is 0 Å². The molecule has 2 heterocycles. The first-order valence-electron chi connectivity index (χ1n) is 10.5. The molecular weight excluding hydrogens is 481 g/mol. The average Bonchev–Trinajstić information content (AvgIpc) is 3.38. The highest BCUT2D eigenvalue weighted by Gasteiger charge is 2.52. The first-order chi connectivity index (χ1) is 17.1. The molecule has 1 fully saturated rings. The molecule has 0 amide bonds. The summed E-state index contributed by atoms with van der Waals surface area (Å²) in [7, 11) is 1.12. The smallest absolute Gasteiger partial charge is 0.375 e. The summed E-state index contributed by atoms with van der Waals surface area (Å²) in [6.45, 7) is 3.10. The van der Waals surface area contributed by atoms with Crippen LogP contribution in [0.25, 0.3) is 0 Å². The van der Waals surface area contributed by atoms with Gasteiger partial charge in [-0.1, -0.05) is 5.92 Å². The zero-order valence-corrected chi connectivity index (χ0v) is 19.7. The predicted molar refractivity (Wildman–Crippen MR) is 115 cm³/mol. The van der Waals surface area contributed by atoms with E-state index in [-0.39, 0.29) is 18.3 Å². The molecule has 0 aliphatic carbocycles. The molecule has 0 radical (unpaired) electrons. The maximum Gasteiger partial charge on any atom is 0.375 e. The summed E-state index contributed by atoms with van der Waals surface area (Å²) in [4.78, 5) is 51.5. The highest BCUT2D eigenvalue weighted by atomic mass is 19.1. The van der Waals surface area contributed by atoms with E-state index in [0.29, 0.717) is 5.56 Å². The van der Waals surface area contributed by atoms with Gasteiger partial charge in [0.1, 0.15) is 18.5 Å². The highest BCUT2D eigenvalue weighted by Crippen LogP contribution is 2.35. The molecule has 1 aromatic carbocycles. The topological polar surface area (TPSA) is 145 Å². The number of esters is 4. The van der Waals surface area contributed by atoms with E-state index in [1.54, 1.807) is 0 Å². The summed E-state index contributed by atoms with van der Waals surface area (Å²) in [6.07, 6.45) is -4.91. The van der Waals surface area contributed by atoms with Crippen molar-refractivity contribution in [2.75, 3.05) is 13.7 Å². The zero-order valence-electron chi connectivity index (χ0n) is 19.7. The Morgan fingerprint density at radius 3 is 2.22 bits per heavy atom. The van der Waals surface area contributed by atoms with E-state index in [1.807, 2.05) is 0 Å². The van der Waals surface area contributed by atoms with Crippen molar-refractivity contribution >= 4 is 23.9 Å². The SMILES string of the molecule is COC(=O)c1nc(C#Cc2ccc(F)cc2)nn1[C@@H]1O[C@H](COC(C)=O)[C@@H](OC(C)=O)[C@H]1OC(C)=O. The van der Waals surface area contributed by atoms with E-state index < -0.39 is 54.2 Å². The van der Waals surface area contributed by atoms with Gasteiger partial charge in [-0.25, -0.2) is 13.9 Å². The quantitative estimate of drug-likeness (QED) is 0.315. The molecule has 0 N–H and O–H groups in total. The van der Waals surface area contributed by atoms with Gasteiger partial charge in [-0.3, -0.25) is 14.4 Å². The van der Waals surface area contributed by atoms with Crippen molar-refractivity contribution in [3.8, 4) is 11.8 Å². The van der Waals surface area contributed by atoms with Crippen molar-refractivity contribution < 1.29 is 47.3 Å². The lowest BCUT2D eigenvalue weighted by molar-refractivity contribution is -0.166. The van der Waals surface area contributed by atoms with Crippen LogP contribution in [0, 0.1) is 17.7 Å². The second-order valence-corrected chi connectivity index (χ2v) is 7.47. The number of aromatic nitrogens is 3. The number of rotatable bonds is 6. The molecule has 3 rings (SSSR count). The molecule has 1 aromatic heterocycles. The fourth-order valence-corrected chi connectivity index (χ4v) is 3.34. The minimum Gasteiger partial charge on any atom is -0.463 e. The Kier molecular flexibility index (Phi) is 8.34. The number of ether oxygens (including phenoxy) is 5. The minimum absolute atomic E-state index is 0.127. The Labute approximate surface area is 204 Å². The number of methoxy groups -OCH3 is 1. The van der Waals surface area contributed by atoms with E-state index in [2.05, 4.69) is 21.9 Å². The van der Waals surface area contributed by atoms with Gasteiger partial charge >= 0.3 is 23.9 Å². The number of halogens is 1. The van der Waals surface area contributed by atoms with Crippen LogP contribution in [-0.4, -0.2) is 70.7 Å². The maximum absolute atomic E-state index is 13.1. The van der Waals surface area contributed by atoms with E-state index >= 15 is 0 Å². The second-order valence-electron chi connectivity index (χ2n) is 7.47. The van der Waals surface area contributed by atoms with Gasteiger partial charge in [-0.15, -0.1) is 5.10 Å². The molecule has 12 nitrogen and oxygen atoms in total. The third kappa shape index (κ3) is 6.42. The van der Waals surface area contributed by atoms with Crippen molar-refractivity contribution in [2.45, 2.75) is 45.3 Å². The Hall–Kier alpha value is -4.31. The van der Waals surface area contributed by atoms with E-state index in [1.165, 1.54) is 31.2 Å². The number of carbonyl (C=O) groups is 4. The Bertz CT molecular complexity index is 1220. The van der Waals surface area contributed by atoms with Crippen LogP contribution in [0.3, 0.4) is 0 Å². The fourth-order valence-electron chi connectivity index (χ4n) is 3.34. The summed E-state index contributed by atoms with van der Waals surface area (Å²) >= 11 is 0. The van der Waals surface area contributed by atoms with Crippen LogP contribution in [0.4, 0.5) is 4.39 Å². The minimum atomic E-state index is -1.33. The van der Waals surface area contributed by atoms with Crippen LogP contribution < -0.4 is 0 Å². The number of hydrogen-bond acceptors (Lipinski definition) is 11. The third-order valence-electron chi connectivity index (χ3n) is 4.74. The van der Waals surface area contributed by atoms with Crippen LogP contribution in [0.15, 0.2) is 24.3 Å². The summed E-state index contributed by atoms with van der Waals surface area (Å²) in [5, 5.41) is 4.19. The van der Waals surface area contributed by atoms with Gasteiger partial charge in [0.15, 0.2) is 18.4 Å². The number of hydrogen-bond donors (Lipinski definition) is 0. The van der Waals surface area contributed by atoms with Crippen molar-refractivity contribution in [1.82, 2.24) is 14.8 Å². The largest absolute Gasteiger partial charge is 0.463 e. The standard InChI is InChI=1S/C23H22FN3O9/c1-12(28)33-11-17-19(34-13(2)29)20(35-14(3)30)22(36-17)27-21(23(31)32-4)25-18(26-27)10-7-15-5-8-16(24)9-6-15/h5-6,8-9,17,19-20,22H,11H2,1-4H3/t17-,19-,20-,22-/m1/s1. The third-order valence-corrected chi connectivity index (χ3v) is 4.74. The molecular formula is C23H22FN3O9. The van der Waals surface area contributed by atoms with Gasteiger partial charge in [-0.2, -0.15) is 4.98 Å². The number of benzene rings is 1. The van der Waals surface area contributed by atoms with Crippen molar-refractivity contribution in [3.63, 3.8) is 0 Å². The summed E-state index contributed by atoms with van der Waals surface area (Å²) in [6, 6.07) is 5.34. The van der Waals surface area contributed by atoms with Gasteiger partial charge in [0.25, 0.3) is 0 Å². The van der Waals surface area contributed by atoms with Crippen molar-refractivity contribution in [2.24, 2.45) is 0 Å². The molecule has 1 saturated heterocycles. The molecule has 1 aliphatic heterocycles. The molecule has 0 spiro atoms. The van der Waals surface area contributed by atoms with Crippen LogP contribution in [-0.2, 0) is 38.1 Å². The van der Waals surface area contributed by atoms with E-state index in [9.17, 15) is 23.6 Å². The Morgan fingerprint density at radius 2 is 1.64 bits per heavy atom. The molecule has 2 aromatic rings. The van der Waals surface area contributed by atoms with E-state index in [0.717, 1.165) is 25.6 Å². The zero-order chi connectivity index (χ0) is 26.4. The van der Waals surface area contributed by atoms with Crippen LogP contribution in [0.5, 0.6) is 0 Å². The first kappa shape index (κ1) is 26.3. The summed E-state index contributed by atoms with van der Waals surface area (Å²) in [5.74, 6) is 1.49. The predicted octanol–water partition coefficient (Wildman–Crippen LogP) is 0.927. The summed E-state index contributed by atoms with van der Waals surface area (Å²) < 4.78 is 40.4. The second kappa shape index (κ2) is 11.4. The van der Waals surface area contributed by atoms with Gasteiger partial charge in [0.2, 0.25) is 11.6 Å². The molecule has 0 bridgehead atoms. The molecule has 36 heavy (non-hydrogen) atoms. The van der Waals surface area contributed by atoms with Crippen molar-refractivity contribution in [1.29, 1.82) is 0 Å². The maximum atomic E-state index is 13.1. The monoisotopic (exact) mass is 503 g/mol. The van der Waals surface area contributed by atoms with Crippen molar-refractivity contribution in [3.05, 3.63) is 47.3 Å². The lowest BCUT2D eigenvalue weighted by Gasteiger charge is -2.23. The summed E-state index contributed by atoms with van der Waals surface area (Å²) in [5.41, 5.74) is 0.457. The fraction of sp³-hybridized carbons (Fsp3) is 0.391. The molecule has 0 saturated carbocycles. The van der Waals surface area contributed by atoms with Gasteiger partial charge in [0, 0.05) is 26.3 Å². The molecule has 1 aliphatic rings. The van der Waals surface area contributed by atoms with Gasteiger partial charge < -0.3 is 23.7 Å². The Balaban J connectivity index is 2.04.